The zero-order valence-corrected chi connectivity index (χ0v) is 20.2. The molecule has 1 aliphatic heterocycles. The number of halogens is 1. The van der Waals surface area contributed by atoms with Gasteiger partial charge in [-0.3, -0.25) is 14.6 Å². The molecule has 1 saturated heterocycles. The predicted octanol–water partition coefficient (Wildman–Crippen LogP) is 2.55. The molecule has 0 aliphatic carbocycles. The molecule has 0 spiro atoms. The smallest absolute Gasteiger partial charge is 0.295 e. The van der Waals surface area contributed by atoms with Crippen molar-refractivity contribution < 1.29 is 33.1 Å². The summed E-state index contributed by atoms with van der Waals surface area (Å²) in [6, 6.07) is 9.18. The van der Waals surface area contributed by atoms with Crippen LogP contribution in [0.1, 0.15) is 37.4 Å². The van der Waals surface area contributed by atoms with Crippen LogP contribution in [0, 0.1) is 5.82 Å². The minimum Gasteiger partial charge on any atom is -0.872 e. The van der Waals surface area contributed by atoms with Crippen LogP contribution in [0.4, 0.5) is 4.39 Å². The Bertz CT molecular complexity index is 1250. The van der Waals surface area contributed by atoms with Crippen molar-refractivity contribution in [2.45, 2.75) is 32.9 Å². The van der Waals surface area contributed by atoms with Crippen LogP contribution >= 0.6 is 0 Å². The number of aromatic amines is 1. The summed E-state index contributed by atoms with van der Waals surface area (Å²) >= 11 is 0. The zero-order chi connectivity index (χ0) is 25.7. The van der Waals surface area contributed by atoms with Gasteiger partial charge in [-0.1, -0.05) is 24.0 Å². The van der Waals surface area contributed by atoms with Crippen molar-refractivity contribution in [2.75, 3.05) is 19.8 Å². The van der Waals surface area contributed by atoms with Gasteiger partial charge in [0.15, 0.2) is 11.5 Å². The van der Waals surface area contributed by atoms with E-state index in [0.717, 1.165) is 12.1 Å². The Hall–Kier alpha value is -4.14. The number of ketones is 1. The normalized spacial score (nSPS) is 17.0. The molecular formula is C27H28FN3O5. The van der Waals surface area contributed by atoms with Crippen molar-refractivity contribution in [3.05, 3.63) is 83.7 Å². The van der Waals surface area contributed by atoms with Crippen LogP contribution in [0.3, 0.4) is 0 Å². The summed E-state index contributed by atoms with van der Waals surface area (Å²) in [5.41, 5.74) is 0.534. The number of carbonyl (C=O) groups is 2. The molecule has 2 aromatic carbocycles. The van der Waals surface area contributed by atoms with Gasteiger partial charge in [-0.2, -0.15) is 0 Å². The number of nitrogens with one attached hydrogen (secondary N) is 1. The number of nitrogens with zero attached hydrogens (tertiary/aromatic N) is 2. The van der Waals surface area contributed by atoms with Crippen LogP contribution in [0.15, 0.2) is 66.8 Å². The van der Waals surface area contributed by atoms with Crippen molar-refractivity contribution >= 4 is 17.4 Å². The summed E-state index contributed by atoms with van der Waals surface area (Å²) in [6.07, 6.45) is 6.01. The summed E-state index contributed by atoms with van der Waals surface area (Å²) in [5, 5.41) is 13.5. The number of amides is 1. The van der Waals surface area contributed by atoms with Crippen molar-refractivity contribution in [2.24, 2.45) is 0 Å². The first-order chi connectivity index (χ1) is 17.4. The lowest BCUT2D eigenvalue weighted by Gasteiger charge is -2.28. The highest BCUT2D eigenvalue weighted by atomic mass is 19.1. The average molecular weight is 494 g/mol. The van der Waals surface area contributed by atoms with Crippen molar-refractivity contribution in [3.63, 3.8) is 0 Å². The molecule has 188 valence electrons. The third-order valence-corrected chi connectivity index (χ3v) is 5.94. The molecule has 1 N–H and O–H groups in total. The van der Waals surface area contributed by atoms with E-state index in [1.165, 1.54) is 17.0 Å². The Morgan fingerprint density at radius 3 is 2.47 bits per heavy atom. The molecule has 2 heterocycles. The van der Waals surface area contributed by atoms with E-state index in [1.807, 2.05) is 24.6 Å². The number of imidazole rings is 1. The van der Waals surface area contributed by atoms with Crippen molar-refractivity contribution in [1.82, 2.24) is 9.88 Å². The Morgan fingerprint density at radius 2 is 1.81 bits per heavy atom. The Labute approximate surface area is 208 Å². The molecule has 8 nitrogen and oxygen atoms in total. The molecule has 0 radical (unpaired) electrons. The summed E-state index contributed by atoms with van der Waals surface area (Å²) in [7, 11) is 0. The van der Waals surface area contributed by atoms with Gasteiger partial charge in [0.25, 0.3) is 5.91 Å². The topological polar surface area (TPSA) is 98.6 Å². The molecule has 4 rings (SSSR count). The lowest BCUT2D eigenvalue weighted by atomic mass is 9.95. The molecule has 1 aromatic heterocycles. The van der Waals surface area contributed by atoms with E-state index in [4.69, 9.17) is 9.47 Å². The minimum atomic E-state index is -0.909. The van der Waals surface area contributed by atoms with E-state index in [2.05, 4.69) is 4.98 Å². The molecule has 0 saturated carbocycles. The summed E-state index contributed by atoms with van der Waals surface area (Å²) in [5.74, 6) is -1.71. The Morgan fingerprint density at radius 1 is 1.08 bits per heavy atom. The Kier molecular flexibility index (Phi) is 7.68. The fourth-order valence-electron chi connectivity index (χ4n) is 4.33. The monoisotopic (exact) mass is 493 g/mol. The van der Waals surface area contributed by atoms with Gasteiger partial charge >= 0.3 is 0 Å². The lowest BCUT2D eigenvalue weighted by Crippen LogP contribution is -2.36. The van der Waals surface area contributed by atoms with Gasteiger partial charge < -0.3 is 19.5 Å². The number of carbonyl (C=O) groups excluding carboxylic acids is 2. The molecule has 0 bridgehead atoms. The number of aromatic nitrogens is 2. The maximum atomic E-state index is 13.5. The van der Waals surface area contributed by atoms with Gasteiger partial charge in [-0.15, -0.1) is 0 Å². The second-order valence-electron chi connectivity index (χ2n) is 8.25. The third-order valence-electron chi connectivity index (χ3n) is 5.94. The lowest BCUT2D eigenvalue weighted by molar-refractivity contribution is -0.695. The number of H-pyrrole nitrogens is 1. The van der Waals surface area contributed by atoms with E-state index < -0.39 is 29.3 Å². The number of Topliss-reactive ketones (excluding diaryl/α,β-unsaturated/α-hetero) is 1. The fourth-order valence-corrected chi connectivity index (χ4v) is 4.33. The number of hydrogen-bond donors (Lipinski definition) is 1. The number of benzene rings is 2. The molecule has 1 amide bonds. The first kappa shape index (κ1) is 25.0. The maximum Gasteiger partial charge on any atom is 0.295 e. The number of aryl methyl sites for hydroxylation is 1. The van der Waals surface area contributed by atoms with Gasteiger partial charge in [0, 0.05) is 18.5 Å². The van der Waals surface area contributed by atoms with Crippen LogP contribution in [-0.4, -0.2) is 41.3 Å². The van der Waals surface area contributed by atoms with E-state index in [9.17, 15) is 19.1 Å². The van der Waals surface area contributed by atoms with E-state index in [-0.39, 0.29) is 17.7 Å². The first-order valence-electron chi connectivity index (χ1n) is 11.9. The van der Waals surface area contributed by atoms with Crippen molar-refractivity contribution in [1.29, 1.82) is 0 Å². The third kappa shape index (κ3) is 5.10. The van der Waals surface area contributed by atoms with Crippen molar-refractivity contribution in [3.8, 4) is 11.5 Å². The predicted molar refractivity (Wildman–Crippen MR) is 127 cm³/mol. The van der Waals surface area contributed by atoms with Gasteiger partial charge in [0.1, 0.15) is 18.2 Å². The number of likely N-dealkylation sites (tertiary alicyclic amines) is 1. The second-order valence-corrected chi connectivity index (χ2v) is 8.25. The fraction of sp³-hybridized carbons (Fsp3) is 0.296. The Balaban J connectivity index is 1.77. The first-order valence-corrected chi connectivity index (χ1v) is 11.9. The second kappa shape index (κ2) is 11.1. The van der Waals surface area contributed by atoms with Gasteiger partial charge in [-0.05, 0) is 49.2 Å². The summed E-state index contributed by atoms with van der Waals surface area (Å²) in [6.45, 7) is 5.38. The molecular weight excluding hydrogens is 465 g/mol. The van der Waals surface area contributed by atoms with Crippen LogP contribution < -0.4 is 19.1 Å². The molecule has 1 aliphatic rings. The molecule has 1 unspecified atom stereocenters. The van der Waals surface area contributed by atoms with Gasteiger partial charge in [0.05, 0.1) is 25.8 Å². The van der Waals surface area contributed by atoms with Crippen LogP contribution in [-0.2, 0) is 16.1 Å². The zero-order valence-electron chi connectivity index (χ0n) is 20.2. The quantitative estimate of drug-likeness (QED) is 0.203. The van der Waals surface area contributed by atoms with Crippen LogP contribution in [0.2, 0.25) is 0 Å². The van der Waals surface area contributed by atoms with Gasteiger partial charge in [0.2, 0.25) is 12.1 Å². The molecule has 3 aromatic rings. The average Bonchev–Trinajstić information content (AvgIpc) is 3.48. The highest BCUT2D eigenvalue weighted by Gasteiger charge is 2.44. The highest BCUT2D eigenvalue weighted by Crippen LogP contribution is 2.41. The summed E-state index contributed by atoms with van der Waals surface area (Å²) in [4.78, 5) is 30.7. The van der Waals surface area contributed by atoms with E-state index >= 15 is 0 Å². The van der Waals surface area contributed by atoms with Gasteiger partial charge in [-0.25, -0.2) is 8.96 Å². The number of ether oxygens (including phenoxy) is 2. The van der Waals surface area contributed by atoms with Crippen LogP contribution in [0.25, 0.3) is 5.76 Å². The highest BCUT2D eigenvalue weighted by molar-refractivity contribution is 6.46. The molecule has 1 atom stereocenters. The largest absolute Gasteiger partial charge is 0.872 e. The van der Waals surface area contributed by atoms with E-state index in [1.54, 1.807) is 30.7 Å². The van der Waals surface area contributed by atoms with E-state index in [0.29, 0.717) is 43.2 Å². The standard InChI is InChI=1S/C27H28FN3O5/c1-3-35-21-11-8-19(16-22(21)36-4-2)24-23(25(32)18-6-9-20(28)10-7-18)26(33)27(34)31(24)14-5-13-30-15-12-29-17-30/h6-12,15-17,24H,3-5,13-14H2,1-2H3,(H,32,33). The molecule has 1 fully saturated rings. The van der Waals surface area contributed by atoms with Crippen LogP contribution in [0.5, 0.6) is 11.5 Å². The maximum absolute atomic E-state index is 13.5. The minimum absolute atomic E-state index is 0.137. The number of rotatable bonds is 10. The summed E-state index contributed by atoms with van der Waals surface area (Å²) < 4.78 is 26.8. The SMILES string of the molecule is CCOc1ccc(C2/C(=C(\[O-])c3ccc(F)cc3)C(=O)C(=O)N2CCC[n+]2cc[nH]c2)cc1OCC. The molecule has 9 heteroatoms. The number of hydrogen-bond acceptors (Lipinski definition) is 5. The molecule has 36 heavy (non-hydrogen) atoms.